The number of carbonyl (C=O) groups excluding carboxylic acids is 1. The number of hydrogen-bond acceptors (Lipinski definition) is 6. The monoisotopic (exact) mass is 389 g/mol. The minimum Gasteiger partial charge on any atom is -0.497 e. The summed E-state index contributed by atoms with van der Waals surface area (Å²) in [6, 6.07) is 12.6. The first-order chi connectivity index (χ1) is 12.6. The number of aromatic nitrogens is 3. The number of halogens is 1. The number of ether oxygens (including phenoxy) is 2. The molecule has 0 atom stereocenters. The van der Waals surface area contributed by atoms with E-state index in [2.05, 4.69) is 10.2 Å². The van der Waals surface area contributed by atoms with Gasteiger partial charge in [-0.25, -0.2) is 0 Å². The molecular formula is C18H16ClN3O3S. The van der Waals surface area contributed by atoms with E-state index in [0.29, 0.717) is 15.9 Å². The van der Waals surface area contributed by atoms with E-state index < -0.39 is 0 Å². The van der Waals surface area contributed by atoms with Crippen LogP contribution in [0.15, 0.2) is 53.9 Å². The summed E-state index contributed by atoms with van der Waals surface area (Å²) in [5.41, 5.74) is 1.68. The summed E-state index contributed by atoms with van der Waals surface area (Å²) in [5, 5.41) is 9.18. The zero-order valence-electron chi connectivity index (χ0n) is 14.2. The Morgan fingerprint density at radius 1 is 1.23 bits per heavy atom. The van der Waals surface area contributed by atoms with E-state index in [-0.39, 0.29) is 11.7 Å². The number of hydrogen-bond donors (Lipinski definition) is 0. The molecule has 1 aromatic heterocycles. The van der Waals surface area contributed by atoms with Gasteiger partial charge in [-0.2, -0.15) is 0 Å². The van der Waals surface area contributed by atoms with E-state index in [1.54, 1.807) is 36.2 Å². The number of thioether (sulfide) groups is 1. The topological polar surface area (TPSA) is 66.2 Å². The SMILES string of the molecule is COc1ccc(-n2cnnc2SCC(=O)Oc2ccc(Cl)cc2C)cc1. The zero-order valence-corrected chi connectivity index (χ0v) is 15.8. The van der Waals surface area contributed by atoms with Gasteiger partial charge in [0.25, 0.3) is 0 Å². The highest BCUT2D eigenvalue weighted by Gasteiger charge is 2.13. The summed E-state index contributed by atoms with van der Waals surface area (Å²) in [7, 11) is 1.61. The maximum atomic E-state index is 12.1. The number of benzene rings is 2. The van der Waals surface area contributed by atoms with Gasteiger partial charge < -0.3 is 9.47 Å². The van der Waals surface area contributed by atoms with Crippen molar-refractivity contribution in [2.45, 2.75) is 12.1 Å². The van der Waals surface area contributed by atoms with Crippen molar-refractivity contribution in [2.75, 3.05) is 12.9 Å². The lowest BCUT2D eigenvalue weighted by atomic mass is 10.2. The fourth-order valence-corrected chi connectivity index (χ4v) is 3.17. The van der Waals surface area contributed by atoms with Crippen LogP contribution in [0.4, 0.5) is 0 Å². The van der Waals surface area contributed by atoms with E-state index in [1.165, 1.54) is 11.8 Å². The Hall–Kier alpha value is -2.51. The Balaban J connectivity index is 1.64. The molecule has 0 N–H and O–H groups in total. The largest absolute Gasteiger partial charge is 0.497 e. The third-order valence-corrected chi connectivity index (χ3v) is 4.70. The number of methoxy groups -OCH3 is 1. The van der Waals surface area contributed by atoms with Crippen molar-refractivity contribution in [1.29, 1.82) is 0 Å². The van der Waals surface area contributed by atoms with Crippen molar-refractivity contribution in [3.8, 4) is 17.2 Å². The molecule has 0 saturated heterocycles. The number of rotatable bonds is 6. The summed E-state index contributed by atoms with van der Waals surface area (Å²) in [6.45, 7) is 1.84. The highest BCUT2D eigenvalue weighted by atomic mass is 35.5. The first kappa shape index (κ1) is 18.3. The van der Waals surface area contributed by atoms with Gasteiger partial charge in [0.15, 0.2) is 5.16 Å². The molecule has 0 amide bonds. The molecule has 0 unspecified atom stereocenters. The van der Waals surface area contributed by atoms with Gasteiger partial charge in [0.05, 0.1) is 12.9 Å². The summed E-state index contributed by atoms with van der Waals surface area (Å²) < 4.78 is 12.3. The predicted molar refractivity (Wildman–Crippen MR) is 100 cm³/mol. The van der Waals surface area contributed by atoms with E-state index in [1.807, 2.05) is 31.2 Å². The third-order valence-electron chi connectivity index (χ3n) is 3.55. The van der Waals surface area contributed by atoms with E-state index >= 15 is 0 Å². The zero-order chi connectivity index (χ0) is 18.5. The maximum absolute atomic E-state index is 12.1. The van der Waals surface area contributed by atoms with Crippen LogP contribution < -0.4 is 9.47 Å². The summed E-state index contributed by atoms with van der Waals surface area (Å²) in [6.07, 6.45) is 1.60. The predicted octanol–water partition coefficient (Wildman–Crippen LogP) is 3.94. The lowest BCUT2D eigenvalue weighted by Gasteiger charge is -2.08. The smallest absolute Gasteiger partial charge is 0.321 e. The second-order valence-corrected chi connectivity index (χ2v) is 6.73. The number of carbonyl (C=O) groups is 1. The molecule has 0 bridgehead atoms. The minimum absolute atomic E-state index is 0.108. The lowest BCUT2D eigenvalue weighted by molar-refractivity contribution is -0.131. The Morgan fingerprint density at radius 3 is 2.69 bits per heavy atom. The molecule has 1 heterocycles. The van der Waals surface area contributed by atoms with Crippen molar-refractivity contribution in [3.05, 3.63) is 59.4 Å². The normalized spacial score (nSPS) is 10.6. The van der Waals surface area contributed by atoms with Crippen LogP contribution in [0, 0.1) is 6.92 Å². The van der Waals surface area contributed by atoms with Gasteiger partial charge in [-0.1, -0.05) is 23.4 Å². The highest BCUT2D eigenvalue weighted by molar-refractivity contribution is 7.99. The molecule has 0 saturated carbocycles. The molecule has 0 spiro atoms. The number of aryl methyl sites for hydroxylation is 1. The van der Waals surface area contributed by atoms with Crippen molar-refractivity contribution in [1.82, 2.24) is 14.8 Å². The molecule has 6 nitrogen and oxygen atoms in total. The van der Waals surface area contributed by atoms with Crippen LogP contribution in [0.1, 0.15) is 5.56 Å². The van der Waals surface area contributed by atoms with Crippen molar-refractivity contribution in [2.24, 2.45) is 0 Å². The Morgan fingerprint density at radius 2 is 2.00 bits per heavy atom. The van der Waals surface area contributed by atoms with Gasteiger partial charge in [-0.15, -0.1) is 10.2 Å². The Bertz CT molecular complexity index is 912. The van der Waals surface area contributed by atoms with Crippen LogP contribution in [0.25, 0.3) is 5.69 Å². The van der Waals surface area contributed by atoms with Gasteiger partial charge in [-0.3, -0.25) is 9.36 Å². The van der Waals surface area contributed by atoms with Gasteiger partial charge >= 0.3 is 5.97 Å². The molecule has 0 fully saturated rings. The molecule has 0 aliphatic heterocycles. The second kappa shape index (κ2) is 8.25. The maximum Gasteiger partial charge on any atom is 0.321 e. The fraction of sp³-hybridized carbons (Fsp3) is 0.167. The van der Waals surface area contributed by atoms with Crippen LogP contribution in [-0.4, -0.2) is 33.6 Å². The molecule has 0 radical (unpaired) electrons. The van der Waals surface area contributed by atoms with Gasteiger partial charge in [0.2, 0.25) is 0 Å². The van der Waals surface area contributed by atoms with Crippen molar-refractivity contribution < 1.29 is 14.3 Å². The van der Waals surface area contributed by atoms with Crippen LogP contribution in [0.3, 0.4) is 0 Å². The van der Waals surface area contributed by atoms with E-state index in [9.17, 15) is 4.79 Å². The fourth-order valence-electron chi connectivity index (χ4n) is 2.25. The standard InChI is InChI=1S/C18H16ClN3O3S/c1-12-9-13(19)3-8-16(12)25-17(23)10-26-18-21-20-11-22(18)14-4-6-15(24-2)7-5-14/h3-9,11H,10H2,1-2H3. The van der Waals surface area contributed by atoms with Gasteiger partial charge in [-0.05, 0) is 55.0 Å². The molecule has 8 heteroatoms. The average molecular weight is 390 g/mol. The molecule has 2 aromatic carbocycles. The highest BCUT2D eigenvalue weighted by Crippen LogP contribution is 2.24. The van der Waals surface area contributed by atoms with Crippen LogP contribution >= 0.6 is 23.4 Å². The summed E-state index contributed by atoms with van der Waals surface area (Å²) in [4.78, 5) is 12.1. The third kappa shape index (κ3) is 4.36. The van der Waals surface area contributed by atoms with Crippen LogP contribution in [0.2, 0.25) is 5.02 Å². The van der Waals surface area contributed by atoms with Crippen LogP contribution in [-0.2, 0) is 4.79 Å². The molecule has 3 aromatic rings. The molecule has 0 aliphatic carbocycles. The number of nitrogens with zero attached hydrogens (tertiary/aromatic N) is 3. The Kier molecular flexibility index (Phi) is 5.80. The van der Waals surface area contributed by atoms with Crippen LogP contribution in [0.5, 0.6) is 11.5 Å². The average Bonchev–Trinajstić information content (AvgIpc) is 3.11. The molecule has 3 rings (SSSR count). The Labute approximate surface area is 160 Å². The molecule has 26 heavy (non-hydrogen) atoms. The minimum atomic E-state index is -0.371. The molecule has 134 valence electrons. The van der Waals surface area contributed by atoms with Gasteiger partial charge in [0.1, 0.15) is 17.8 Å². The first-order valence-electron chi connectivity index (χ1n) is 7.71. The van der Waals surface area contributed by atoms with E-state index in [4.69, 9.17) is 21.1 Å². The van der Waals surface area contributed by atoms with Crippen molar-refractivity contribution in [3.63, 3.8) is 0 Å². The van der Waals surface area contributed by atoms with E-state index in [0.717, 1.165) is 17.0 Å². The summed E-state index contributed by atoms with van der Waals surface area (Å²) in [5.74, 6) is 0.996. The molecule has 0 aliphatic rings. The molecular weight excluding hydrogens is 374 g/mol. The second-order valence-electron chi connectivity index (χ2n) is 5.35. The lowest BCUT2D eigenvalue weighted by Crippen LogP contribution is -2.12. The summed E-state index contributed by atoms with van der Waals surface area (Å²) >= 11 is 7.16. The number of esters is 1. The van der Waals surface area contributed by atoms with Crippen molar-refractivity contribution >= 4 is 29.3 Å². The van der Waals surface area contributed by atoms with Gasteiger partial charge in [0, 0.05) is 10.7 Å². The quantitative estimate of drug-likeness (QED) is 0.361. The first-order valence-corrected chi connectivity index (χ1v) is 9.07.